The van der Waals surface area contributed by atoms with Crippen LogP contribution in [0, 0.1) is 6.92 Å². The maximum Gasteiger partial charge on any atom is 0.127 e. The highest BCUT2D eigenvalue weighted by molar-refractivity contribution is 5.90. The number of fused-ring (bicyclic) bond motifs is 1. The fourth-order valence-corrected chi connectivity index (χ4v) is 2.22. The van der Waals surface area contributed by atoms with Gasteiger partial charge in [-0.15, -0.1) is 0 Å². The summed E-state index contributed by atoms with van der Waals surface area (Å²) in [6, 6.07) is 12.2. The van der Waals surface area contributed by atoms with Gasteiger partial charge in [-0.25, -0.2) is 0 Å². The van der Waals surface area contributed by atoms with Crippen molar-refractivity contribution in [1.82, 2.24) is 5.32 Å². The minimum absolute atomic E-state index is 0.00244. The van der Waals surface area contributed by atoms with Gasteiger partial charge in [0.15, 0.2) is 0 Å². The van der Waals surface area contributed by atoms with Gasteiger partial charge in [-0.05, 0) is 44.7 Å². The predicted molar refractivity (Wildman–Crippen MR) is 87.9 cm³/mol. The largest absolute Gasteiger partial charge is 0.490 e. The molecule has 0 aliphatic carbocycles. The summed E-state index contributed by atoms with van der Waals surface area (Å²) in [4.78, 5) is 0. The Kier molecular flexibility index (Phi) is 4.86. The smallest absolute Gasteiger partial charge is 0.127 e. The normalized spacial score (nSPS) is 13.4. The summed E-state index contributed by atoms with van der Waals surface area (Å²) in [5.74, 6) is 0.825. The average Bonchev–Trinajstić information content (AvgIpc) is 2.44. The highest BCUT2D eigenvalue weighted by Gasteiger charge is 2.13. The third-order valence-corrected chi connectivity index (χ3v) is 3.40. The van der Waals surface area contributed by atoms with Gasteiger partial charge in [0.2, 0.25) is 0 Å². The van der Waals surface area contributed by atoms with Crippen LogP contribution in [0.5, 0.6) is 5.75 Å². The van der Waals surface area contributed by atoms with E-state index in [4.69, 9.17) is 4.74 Å². The number of ether oxygens (including phenoxy) is 1. The van der Waals surface area contributed by atoms with Crippen molar-refractivity contribution in [3.8, 4) is 5.75 Å². The van der Waals surface area contributed by atoms with Crippen molar-refractivity contribution in [3.63, 3.8) is 0 Å². The summed E-state index contributed by atoms with van der Waals surface area (Å²) in [5, 5.41) is 15.6. The minimum atomic E-state index is -0.524. The molecule has 2 rings (SSSR count). The van der Waals surface area contributed by atoms with E-state index in [-0.39, 0.29) is 12.1 Å². The van der Waals surface area contributed by atoms with Gasteiger partial charge in [0, 0.05) is 17.5 Å². The molecule has 0 fully saturated rings. The Morgan fingerprint density at radius 2 is 1.76 bits per heavy atom. The van der Waals surface area contributed by atoms with E-state index in [2.05, 4.69) is 51.2 Å². The highest BCUT2D eigenvalue weighted by Crippen LogP contribution is 2.28. The van der Waals surface area contributed by atoms with Crippen molar-refractivity contribution in [1.29, 1.82) is 0 Å². The van der Waals surface area contributed by atoms with Gasteiger partial charge in [-0.3, -0.25) is 0 Å². The van der Waals surface area contributed by atoms with E-state index < -0.39 is 6.10 Å². The zero-order chi connectivity index (χ0) is 15.5. The van der Waals surface area contributed by atoms with Crippen LogP contribution in [0.2, 0.25) is 0 Å². The van der Waals surface area contributed by atoms with Gasteiger partial charge in [0.05, 0.1) is 0 Å². The standard InChI is InChI=1S/C18H25NO2/c1-13-9-10-17(16-8-6-5-7-15(13)16)21-12-14(20)11-19-18(2,3)4/h5-10,14,19-20H,11-12H2,1-4H3. The number of aryl methyl sites for hydroxylation is 1. The lowest BCUT2D eigenvalue weighted by atomic mass is 10.0. The number of β-amino-alcohol motifs (C(OH)–C–C–N with tert-alkyl or cyclic N) is 1. The van der Waals surface area contributed by atoms with Crippen LogP contribution in [0.25, 0.3) is 10.8 Å². The van der Waals surface area contributed by atoms with E-state index in [0.717, 1.165) is 11.1 Å². The zero-order valence-electron chi connectivity index (χ0n) is 13.3. The van der Waals surface area contributed by atoms with Crippen LogP contribution in [0.3, 0.4) is 0 Å². The molecule has 0 spiro atoms. The van der Waals surface area contributed by atoms with Crippen molar-refractivity contribution >= 4 is 10.8 Å². The molecule has 0 saturated heterocycles. The van der Waals surface area contributed by atoms with Crippen LogP contribution in [-0.2, 0) is 0 Å². The molecule has 0 aliphatic rings. The first kappa shape index (κ1) is 15.8. The Balaban J connectivity index is 2.02. The number of nitrogens with one attached hydrogen (secondary N) is 1. The third kappa shape index (κ3) is 4.45. The monoisotopic (exact) mass is 287 g/mol. The molecule has 21 heavy (non-hydrogen) atoms. The summed E-state index contributed by atoms with van der Waals surface area (Å²) < 4.78 is 5.81. The number of hydrogen-bond acceptors (Lipinski definition) is 3. The van der Waals surface area contributed by atoms with E-state index >= 15 is 0 Å². The van der Waals surface area contributed by atoms with E-state index in [1.54, 1.807) is 0 Å². The van der Waals surface area contributed by atoms with Gasteiger partial charge < -0.3 is 15.2 Å². The topological polar surface area (TPSA) is 41.5 Å². The van der Waals surface area contributed by atoms with E-state index in [0.29, 0.717) is 6.54 Å². The molecule has 0 aromatic heterocycles. The summed E-state index contributed by atoms with van der Waals surface area (Å²) >= 11 is 0. The Labute approximate surface area is 126 Å². The molecule has 0 aliphatic heterocycles. The van der Waals surface area contributed by atoms with Crippen LogP contribution in [0.15, 0.2) is 36.4 Å². The Bertz CT molecular complexity index is 602. The Hall–Kier alpha value is -1.58. The second kappa shape index (κ2) is 6.46. The molecule has 0 radical (unpaired) electrons. The van der Waals surface area contributed by atoms with E-state index in [1.165, 1.54) is 10.9 Å². The second-order valence-electron chi connectivity index (χ2n) is 6.52. The minimum Gasteiger partial charge on any atom is -0.490 e. The first-order valence-corrected chi connectivity index (χ1v) is 7.41. The molecule has 0 saturated carbocycles. The molecule has 114 valence electrons. The molecular formula is C18H25NO2. The molecule has 0 bridgehead atoms. The molecule has 1 unspecified atom stereocenters. The fraction of sp³-hybridized carbons (Fsp3) is 0.444. The summed E-state index contributed by atoms with van der Waals surface area (Å²) in [6.45, 7) is 9.13. The number of rotatable bonds is 5. The lowest BCUT2D eigenvalue weighted by Gasteiger charge is -2.23. The van der Waals surface area contributed by atoms with Crippen LogP contribution in [0.4, 0.5) is 0 Å². The number of aliphatic hydroxyl groups excluding tert-OH is 1. The van der Waals surface area contributed by atoms with Crippen LogP contribution in [0.1, 0.15) is 26.3 Å². The maximum atomic E-state index is 10.0. The summed E-state index contributed by atoms with van der Waals surface area (Å²) in [6.07, 6.45) is -0.524. The van der Waals surface area contributed by atoms with Gasteiger partial charge >= 0.3 is 0 Å². The second-order valence-corrected chi connectivity index (χ2v) is 6.52. The first-order chi connectivity index (χ1) is 9.87. The lowest BCUT2D eigenvalue weighted by Crippen LogP contribution is -2.42. The summed E-state index contributed by atoms with van der Waals surface area (Å²) in [5.41, 5.74) is 1.23. The quantitative estimate of drug-likeness (QED) is 0.887. The fourth-order valence-electron chi connectivity index (χ4n) is 2.22. The Morgan fingerprint density at radius 1 is 1.10 bits per heavy atom. The molecule has 3 nitrogen and oxygen atoms in total. The third-order valence-electron chi connectivity index (χ3n) is 3.40. The van der Waals surface area contributed by atoms with Gasteiger partial charge in [0.25, 0.3) is 0 Å². The summed E-state index contributed by atoms with van der Waals surface area (Å²) in [7, 11) is 0. The van der Waals surface area contributed by atoms with Crippen molar-refractivity contribution < 1.29 is 9.84 Å². The first-order valence-electron chi connectivity index (χ1n) is 7.41. The van der Waals surface area contributed by atoms with Crippen molar-refractivity contribution in [3.05, 3.63) is 42.0 Å². The number of aliphatic hydroxyl groups is 1. The molecule has 3 heteroatoms. The molecule has 2 aromatic rings. The highest BCUT2D eigenvalue weighted by atomic mass is 16.5. The molecule has 0 amide bonds. The SMILES string of the molecule is Cc1ccc(OCC(O)CNC(C)(C)C)c2ccccc12. The van der Waals surface area contributed by atoms with Crippen molar-refractivity contribution in [2.75, 3.05) is 13.2 Å². The number of benzene rings is 2. The van der Waals surface area contributed by atoms with Crippen LogP contribution in [-0.4, -0.2) is 29.9 Å². The predicted octanol–water partition coefficient (Wildman–Crippen LogP) is 3.28. The average molecular weight is 287 g/mol. The lowest BCUT2D eigenvalue weighted by molar-refractivity contribution is 0.101. The van der Waals surface area contributed by atoms with Gasteiger partial charge in [-0.1, -0.05) is 30.3 Å². The van der Waals surface area contributed by atoms with Gasteiger partial charge in [0.1, 0.15) is 18.5 Å². The molecule has 0 heterocycles. The van der Waals surface area contributed by atoms with Crippen LogP contribution < -0.4 is 10.1 Å². The molecule has 2 N–H and O–H groups in total. The van der Waals surface area contributed by atoms with E-state index in [1.807, 2.05) is 18.2 Å². The number of hydrogen-bond donors (Lipinski definition) is 2. The molecule has 1 atom stereocenters. The zero-order valence-corrected chi connectivity index (χ0v) is 13.3. The van der Waals surface area contributed by atoms with E-state index in [9.17, 15) is 5.11 Å². The molecule has 2 aromatic carbocycles. The van der Waals surface area contributed by atoms with Crippen LogP contribution >= 0.6 is 0 Å². The molecular weight excluding hydrogens is 262 g/mol. The van der Waals surface area contributed by atoms with Crippen molar-refractivity contribution in [2.45, 2.75) is 39.3 Å². The maximum absolute atomic E-state index is 10.0. The van der Waals surface area contributed by atoms with Gasteiger partial charge in [-0.2, -0.15) is 0 Å². The van der Waals surface area contributed by atoms with Crippen molar-refractivity contribution in [2.24, 2.45) is 0 Å². The Morgan fingerprint density at radius 3 is 2.43 bits per heavy atom.